The highest BCUT2D eigenvalue weighted by molar-refractivity contribution is 5.91. The Morgan fingerprint density at radius 1 is 1.03 bits per heavy atom. The maximum atomic E-state index is 12.2. The molecule has 5 heteroatoms. The Labute approximate surface area is 178 Å². The van der Waals surface area contributed by atoms with Crippen molar-refractivity contribution in [3.63, 3.8) is 0 Å². The zero-order valence-corrected chi connectivity index (χ0v) is 18.6. The molecule has 0 atom stereocenters. The second-order valence-electron chi connectivity index (χ2n) is 7.74. The summed E-state index contributed by atoms with van der Waals surface area (Å²) in [7, 11) is 0. The molecule has 2 N–H and O–H groups in total. The molecule has 30 heavy (non-hydrogen) atoms. The van der Waals surface area contributed by atoms with Gasteiger partial charge in [0.1, 0.15) is 0 Å². The number of urea groups is 1. The molecule has 0 saturated heterocycles. The van der Waals surface area contributed by atoms with Gasteiger partial charge in [-0.1, -0.05) is 42.8 Å². The van der Waals surface area contributed by atoms with Crippen molar-refractivity contribution in [2.45, 2.75) is 48.0 Å². The third kappa shape index (κ3) is 4.46. The van der Waals surface area contributed by atoms with Crippen molar-refractivity contribution >= 4 is 17.9 Å². The van der Waals surface area contributed by atoms with E-state index in [1.165, 1.54) is 16.8 Å². The van der Waals surface area contributed by atoms with E-state index in [9.17, 15) is 4.79 Å². The monoisotopic (exact) mass is 402 g/mol. The highest BCUT2D eigenvalue weighted by Crippen LogP contribution is 2.26. The first-order valence-corrected chi connectivity index (χ1v) is 10.3. The van der Waals surface area contributed by atoms with Crippen LogP contribution in [0, 0.1) is 34.6 Å². The van der Waals surface area contributed by atoms with E-state index >= 15 is 0 Å². The highest BCUT2D eigenvalue weighted by Gasteiger charge is 2.14. The van der Waals surface area contributed by atoms with Crippen molar-refractivity contribution in [3.05, 3.63) is 81.7 Å². The Morgan fingerprint density at radius 2 is 1.80 bits per heavy atom. The number of carbonyl (C=O) groups excluding carboxylic acids is 1. The number of benzene rings is 2. The second-order valence-corrected chi connectivity index (χ2v) is 7.74. The molecular formula is C25H30N4O. The quantitative estimate of drug-likeness (QED) is 0.415. The Bertz CT molecular complexity index is 1110. The van der Waals surface area contributed by atoms with Crippen molar-refractivity contribution in [1.29, 1.82) is 0 Å². The van der Waals surface area contributed by atoms with E-state index in [-0.39, 0.29) is 6.03 Å². The number of hydrogen-bond donors (Lipinski definition) is 2. The SMILES string of the molecule is CCc1cccc(C)c1-n1c(C)cc(/C=N/NC(=O)Nc2ccc(C)cc2C)c1C. The van der Waals surface area contributed by atoms with Gasteiger partial charge in [-0.05, 0) is 69.9 Å². The third-order valence-electron chi connectivity index (χ3n) is 5.40. The molecule has 5 nitrogen and oxygen atoms in total. The summed E-state index contributed by atoms with van der Waals surface area (Å²) in [6.07, 6.45) is 2.67. The van der Waals surface area contributed by atoms with Gasteiger partial charge in [0.2, 0.25) is 0 Å². The Hall–Kier alpha value is -3.34. The average Bonchev–Trinajstić information content (AvgIpc) is 2.97. The van der Waals surface area contributed by atoms with Gasteiger partial charge in [-0.15, -0.1) is 0 Å². The summed E-state index contributed by atoms with van der Waals surface area (Å²) in [5, 5.41) is 6.99. The lowest BCUT2D eigenvalue weighted by Gasteiger charge is -2.17. The maximum Gasteiger partial charge on any atom is 0.339 e. The van der Waals surface area contributed by atoms with Crippen LogP contribution in [0.1, 0.15) is 46.1 Å². The minimum absolute atomic E-state index is 0.362. The van der Waals surface area contributed by atoms with Crippen LogP contribution in [-0.4, -0.2) is 16.8 Å². The maximum absolute atomic E-state index is 12.2. The molecule has 0 fully saturated rings. The van der Waals surface area contributed by atoms with Crippen LogP contribution in [-0.2, 0) is 6.42 Å². The van der Waals surface area contributed by atoms with Gasteiger partial charge in [-0.3, -0.25) is 0 Å². The van der Waals surface area contributed by atoms with E-state index in [1.54, 1.807) is 6.21 Å². The van der Waals surface area contributed by atoms with E-state index in [0.29, 0.717) is 0 Å². The predicted molar refractivity (Wildman–Crippen MR) is 125 cm³/mol. The van der Waals surface area contributed by atoms with Gasteiger partial charge < -0.3 is 9.88 Å². The van der Waals surface area contributed by atoms with Crippen LogP contribution in [0.25, 0.3) is 5.69 Å². The fourth-order valence-corrected chi connectivity index (χ4v) is 3.85. The number of amides is 2. The number of para-hydroxylation sites is 1. The average molecular weight is 403 g/mol. The molecule has 3 aromatic rings. The van der Waals surface area contributed by atoms with Crippen LogP contribution < -0.4 is 10.7 Å². The molecule has 2 amide bonds. The first-order chi connectivity index (χ1) is 14.3. The number of nitrogens with one attached hydrogen (secondary N) is 2. The van der Waals surface area contributed by atoms with Crippen LogP contribution in [0.5, 0.6) is 0 Å². The van der Waals surface area contributed by atoms with Gasteiger partial charge in [0.15, 0.2) is 0 Å². The summed E-state index contributed by atoms with van der Waals surface area (Å²) in [5.41, 5.74) is 12.5. The summed E-state index contributed by atoms with van der Waals surface area (Å²) in [6, 6.07) is 14.0. The number of aromatic nitrogens is 1. The largest absolute Gasteiger partial charge is 0.339 e. The molecule has 1 heterocycles. The molecule has 0 aliphatic rings. The second kappa shape index (κ2) is 8.99. The van der Waals surface area contributed by atoms with Gasteiger partial charge >= 0.3 is 6.03 Å². The first-order valence-electron chi connectivity index (χ1n) is 10.3. The molecule has 3 rings (SSSR count). The van der Waals surface area contributed by atoms with Crippen LogP contribution in [0.15, 0.2) is 47.6 Å². The molecule has 0 aliphatic carbocycles. The van der Waals surface area contributed by atoms with Gasteiger partial charge in [0, 0.05) is 22.6 Å². The molecule has 0 bridgehead atoms. The normalized spacial score (nSPS) is 11.1. The van der Waals surface area contributed by atoms with Gasteiger partial charge in [-0.25, -0.2) is 10.2 Å². The summed E-state index contributed by atoms with van der Waals surface area (Å²) in [4.78, 5) is 12.2. The van der Waals surface area contributed by atoms with E-state index in [1.807, 2.05) is 32.0 Å². The molecule has 0 spiro atoms. The molecular weight excluding hydrogens is 372 g/mol. The zero-order chi connectivity index (χ0) is 21.8. The van der Waals surface area contributed by atoms with Gasteiger partial charge in [0.05, 0.1) is 11.9 Å². The highest BCUT2D eigenvalue weighted by atomic mass is 16.2. The summed E-state index contributed by atoms with van der Waals surface area (Å²) in [5.74, 6) is 0. The van der Waals surface area contributed by atoms with E-state index in [4.69, 9.17) is 0 Å². The molecule has 0 radical (unpaired) electrons. The molecule has 0 saturated carbocycles. The lowest BCUT2D eigenvalue weighted by atomic mass is 10.1. The summed E-state index contributed by atoms with van der Waals surface area (Å²) >= 11 is 0. The van der Waals surface area contributed by atoms with Gasteiger partial charge in [0.25, 0.3) is 0 Å². The number of hydrazone groups is 1. The number of rotatable bonds is 5. The predicted octanol–water partition coefficient (Wildman–Crippen LogP) is 5.74. The smallest absolute Gasteiger partial charge is 0.317 e. The van der Waals surface area contributed by atoms with Crippen molar-refractivity contribution < 1.29 is 4.79 Å². The standard InChI is InChI=1S/C25H30N4O/c1-7-21-10-8-9-17(3)24(21)29-19(5)14-22(20(29)6)15-26-28-25(30)27-23-12-11-16(2)13-18(23)4/h8-15H,7H2,1-6H3,(H2,27,28,30)/b26-15+. The fraction of sp³-hybridized carbons (Fsp3) is 0.280. The van der Waals surface area contributed by atoms with Crippen molar-refractivity contribution in [2.75, 3.05) is 5.32 Å². The number of aryl methyl sites for hydroxylation is 5. The lowest BCUT2D eigenvalue weighted by molar-refractivity contribution is 0.252. The van der Waals surface area contributed by atoms with E-state index in [2.05, 4.69) is 72.4 Å². The van der Waals surface area contributed by atoms with Crippen LogP contribution >= 0.6 is 0 Å². The Balaban J connectivity index is 1.78. The van der Waals surface area contributed by atoms with E-state index in [0.717, 1.165) is 40.2 Å². The zero-order valence-electron chi connectivity index (χ0n) is 18.6. The lowest BCUT2D eigenvalue weighted by Crippen LogP contribution is -2.24. The molecule has 2 aromatic carbocycles. The number of nitrogens with zero attached hydrogens (tertiary/aromatic N) is 2. The van der Waals surface area contributed by atoms with Crippen LogP contribution in [0.4, 0.5) is 10.5 Å². The number of hydrogen-bond acceptors (Lipinski definition) is 2. The summed E-state index contributed by atoms with van der Waals surface area (Å²) < 4.78 is 2.27. The minimum Gasteiger partial charge on any atom is -0.317 e. The molecule has 0 unspecified atom stereocenters. The number of carbonyl (C=O) groups is 1. The van der Waals surface area contributed by atoms with Crippen LogP contribution in [0.3, 0.4) is 0 Å². The van der Waals surface area contributed by atoms with E-state index < -0.39 is 0 Å². The van der Waals surface area contributed by atoms with Crippen molar-refractivity contribution in [1.82, 2.24) is 9.99 Å². The molecule has 156 valence electrons. The van der Waals surface area contributed by atoms with Gasteiger partial charge in [-0.2, -0.15) is 5.10 Å². The topological polar surface area (TPSA) is 58.4 Å². The minimum atomic E-state index is -0.362. The fourth-order valence-electron chi connectivity index (χ4n) is 3.85. The third-order valence-corrected chi connectivity index (χ3v) is 5.40. The van der Waals surface area contributed by atoms with Crippen LogP contribution in [0.2, 0.25) is 0 Å². The Morgan fingerprint density at radius 3 is 2.50 bits per heavy atom. The summed E-state index contributed by atoms with van der Waals surface area (Å²) in [6.45, 7) is 12.5. The Kier molecular flexibility index (Phi) is 6.40. The number of anilines is 1. The molecule has 0 aliphatic heterocycles. The molecule has 1 aromatic heterocycles. The van der Waals surface area contributed by atoms with Crippen molar-refractivity contribution in [3.8, 4) is 5.69 Å². The van der Waals surface area contributed by atoms with Crippen molar-refractivity contribution in [2.24, 2.45) is 5.10 Å². The first kappa shape index (κ1) is 21.4.